The van der Waals surface area contributed by atoms with E-state index < -0.39 is 0 Å². The molecular weight excluding hydrogens is 318 g/mol. The topological polar surface area (TPSA) is 64.9 Å². The van der Waals surface area contributed by atoms with Crippen molar-refractivity contribution >= 4 is 11.6 Å². The van der Waals surface area contributed by atoms with Crippen LogP contribution in [0.25, 0.3) is 5.65 Å². The number of amides is 1. The molecule has 0 saturated heterocycles. The molecule has 1 aromatic carbocycles. The molecule has 0 unspecified atom stereocenters. The van der Waals surface area contributed by atoms with Gasteiger partial charge in [-0.25, -0.2) is 4.98 Å². The van der Waals surface area contributed by atoms with Crippen molar-refractivity contribution in [2.24, 2.45) is 0 Å². The maximum Gasteiger partial charge on any atom is 0.270 e. The molecule has 0 radical (unpaired) electrons. The predicted octanol–water partition coefficient (Wildman–Crippen LogP) is 2.86. The van der Waals surface area contributed by atoms with Crippen molar-refractivity contribution in [1.29, 1.82) is 0 Å². The number of hydrogen-bond acceptors (Lipinski definition) is 4. The second-order valence-electron chi connectivity index (χ2n) is 6.06. The summed E-state index contributed by atoms with van der Waals surface area (Å²) in [4.78, 5) is 17.3. The zero-order chi connectivity index (χ0) is 17.4. The second kappa shape index (κ2) is 6.12. The van der Waals surface area contributed by atoms with E-state index >= 15 is 0 Å². The number of pyridine rings is 1. The standard InChI is InChI=1S/C19H19N3O3/c1-3-14-18(22-7-6-12(2)8-17(22)21-14)19(23)20-10-13-4-5-15-16(9-13)25-11-24-15/h4-9H,3,10-11H2,1-2H3,(H,20,23). The molecule has 0 saturated carbocycles. The first-order chi connectivity index (χ1) is 12.2. The lowest BCUT2D eigenvalue weighted by molar-refractivity contribution is 0.0944. The van der Waals surface area contributed by atoms with E-state index in [2.05, 4.69) is 10.3 Å². The first-order valence-corrected chi connectivity index (χ1v) is 8.30. The first-order valence-electron chi connectivity index (χ1n) is 8.30. The summed E-state index contributed by atoms with van der Waals surface area (Å²) in [5.41, 5.74) is 4.27. The number of carbonyl (C=O) groups is 1. The number of nitrogens with one attached hydrogen (secondary N) is 1. The van der Waals surface area contributed by atoms with Crippen LogP contribution in [0, 0.1) is 6.92 Å². The number of imidazole rings is 1. The molecule has 3 aromatic rings. The molecule has 0 atom stereocenters. The van der Waals surface area contributed by atoms with Crippen LogP contribution in [0.3, 0.4) is 0 Å². The van der Waals surface area contributed by atoms with Crippen LogP contribution < -0.4 is 14.8 Å². The average molecular weight is 337 g/mol. The largest absolute Gasteiger partial charge is 0.454 e. The van der Waals surface area contributed by atoms with Gasteiger partial charge in [0.1, 0.15) is 11.3 Å². The van der Waals surface area contributed by atoms with Crippen LogP contribution in [0.15, 0.2) is 36.5 Å². The van der Waals surface area contributed by atoms with Gasteiger partial charge in [-0.05, 0) is 48.7 Å². The van der Waals surface area contributed by atoms with Crippen LogP contribution in [0.2, 0.25) is 0 Å². The van der Waals surface area contributed by atoms with E-state index in [-0.39, 0.29) is 12.7 Å². The summed E-state index contributed by atoms with van der Waals surface area (Å²) in [6.07, 6.45) is 2.60. The van der Waals surface area contributed by atoms with Gasteiger partial charge in [-0.2, -0.15) is 0 Å². The fourth-order valence-corrected chi connectivity index (χ4v) is 3.00. The highest BCUT2D eigenvalue weighted by atomic mass is 16.7. The predicted molar refractivity (Wildman–Crippen MR) is 93.0 cm³/mol. The van der Waals surface area contributed by atoms with Gasteiger partial charge in [-0.3, -0.25) is 9.20 Å². The van der Waals surface area contributed by atoms with Crippen molar-refractivity contribution in [3.63, 3.8) is 0 Å². The zero-order valence-corrected chi connectivity index (χ0v) is 14.2. The molecule has 0 aliphatic carbocycles. The molecule has 1 amide bonds. The molecule has 4 rings (SSSR count). The molecule has 3 heterocycles. The Labute approximate surface area is 145 Å². The summed E-state index contributed by atoms with van der Waals surface area (Å²) in [6, 6.07) is 9.63. The second-order valence-corrected chi connectivity index (χ2v) is 6.06. The van der Waals surface area contributed by atoms with Crippen LogP contribution >= 0.6 is 0 Å². The number of aryl methyl sites for hydroxylation is 2. The molecule has 0 fully saturated rings. The van der Waals surface area contributed by atoms with Crippen molar-refractivity contribution in [1.82, 2.24) is 14.7 Å². The van der Waals surface area contributed by atoms with E-state index in [1.165, 1.54) is 0 Å². The molecule has 0 bridgehead atoms. The molecule has 128 valence electrons. The Hall–Kier alpha value is -3.02. The van der Waals surface area contributed by atoms with Crippen molar-refractivity contribution in [2.45, 2.75) is 26.8 Å². The molecule has 25 heavy (non-hydrogen) atoms. The number of benzene rings is 1. The van der Waals surface area contributed by atoms with E-state index in [0.29, 0.717) is 24.4 Å². The van der Waals surface area contributed by atoms with Crippen molar-refractivity contribution in [3.05, 3.63) is 59.0 Å². The third-order valence-corrected chi connectivity index (χ3v) is 4.29. The fourth-order valence-electron chi connectivity index (χ4n) is 3.00. The normalized spacial score (nSPS) is 12.6. The fraction of sp³-hybridized carbons (Fsp3) is 0.263. The van der Waals surface area contributed by atoms with Gasteiger partial charge in [0.05, 0.1) is 5.69 Å². The van der Waals surface area contributed by atoms with Crippen LogP contribution in [-0.4, -0.2) is 22.1 Å². The maximum atomic E-state index is 12.8. The highest BCUT2D eigenvalue weighted by Crippen LogP contribution is 2.32. The summed E-state index contributed by atoms with van der Waals surface area (Å²) < 4.78 is 12.5. The summed E-state index contributed by atoms with van der Waals surface area (Å²) in [5.74, 6) is 1.32. The Kier molecular flexibility index (Phi) is 3.80. The molecule has 1 aliphatic heterocycles. The Morgan fingerprint density at radius 1 is 1.24 bits per heavy atom. The van der Waals surface area contributed by atoms with Gasteiger partial charge >= 0.3 is 0 Å². The van der Waals surface area contributed by atoms with Crippen molar-refractivity contribution in [3.8, 4) is 11.5 Å². The van der Waals surface area contributed by atoms with E-state index in [1.54, 1.807) is 0 Å². The average Bonchev–Trinajstić information content (AvgIpc) is 3.22. The zero-order valence-electron chi connectivity index (χ0n) is 14.2. The first kappa shape index (κ1) is 15.5. The highest BCUT2D eigenvalue weighted by molar-refractivity contribution is 5.94. The molecular formula is C19H19N3O3. The summed E-state index contributed by atoms with van der Waals surface area (Å²) in [6.45, 7) is 4.67. The molecule has 1 N–H and O–H groups in total. The monoisotopic (exact) mass is 337 g/mol. The number of ether oxygens (including phenoxy) is 2. The van der Waals surface area contributed by atoms with Crippen LogP contribution in [-0.2, 0) is 13.0 Å². The Morgan fingerprint density at radius 2 is 2.08 bits per heavy atom. The van der Waals surface area contributed by atoms with Gasteiger partial charge in [-0.15, -0.1) is 0 Å². The van der Waals surface area contributed by atoms with E-state index in [4.69, 9.17) is 9.47 Å². The Balaban J connectivity index is 1.58. The van der Waals surface area contributed by atoms with E-state index in [9.17, 15) is 4.79 Å². The number of carbonyl (C=O) groups excluding carboxylic acids is 1. The molecule has 0 spiro atoms. The van der Waals surface area contributed by atoms with E-state index in [0.717, 1.165) is 28.2 Å². The van der Waals surface area contributed by atoms with Gasteiger partial charge in [0.15, 0.2) is 11.5 Å². The minimum atomic E-state index is -0.133. The van der Waals surface area contributed by atoms with Crippen molar-refractivity contribution < 1.29 is 14.3 Å². The smallest absolute Gasteiger partial charge is 0.270 e. The van der Waals surface area contributed by atoms with E-state index in [1.807, 2.05) is 54.8 Å². The lowest BCUT2D eigenvalue weighted by Crippen LogP contribution is -2.25. The van der Waals surface area contributed by atoms with Gasteiger partial charge in [-0.1, -0.05) is 13.0 Å². The quantitative estimate of drug-likeness (QED) is 0.795. The summed E-state index contributed by atoms with van der Waals surface area (Å²) in [5, 5.41) is 2.98. The van der Waals surface area contributed by atoms with Crippen LogP contribution in [0.1, 0.15) is 34.2 Å². The highest BCUT2D eigenvalue weighted by Gasteiger charge is 2.19. The minimum Gasteiger partial charge on any atom is -0.454 e. The number of nitrogens with zero attached hydrogens (tertiary/aromatic N) is 2. The number of rotatable bonds is 4. The Morgan fingerprint density at radius 3 is 2.92 bits per heavy atom. The van der Waals surface area contributed by atoms with Gasteiger partial charge < -0.3 is 14.8 Å². The number of aromatic nitrogens is 2. The molecule has 1 aliphatic rings. The minimum absolute atomic E-state index is 0.133. The number of fused-ring (bicyclic) bond motifs is 2. The van der Waals surface area contributed by atoms with Crippen LogP contribution in [0.4, 0.5) is 0 Å². The third kappa shape index (κ3) is 2.80. The summed E-state index contributed by atoms with van der Waals surface area (Å²) in [7, 11) is 0. The van der Waals surface area contributed by atoms with Crippen LogP contribution in [0.5, 0.6) is 11.5 Å². The molecule has 6 heteroatoms. The SMILES string of the molecule is CCc1nc2cc(C)ccn2c1C(=O)NCc1ccc2c(c1)OCO2. The maximum absolute atomic E-state index is 12.8. The molecule has 6 nitrogen and oxygen atoms in total. The van der Waals surface area contributed by atoms with Crippen molar-refractivity contribution in [2.75, 3.05) is 6.79 Å². The van der Waals surface area contributed by atoms with Gasteiger partial charge in [0.2, 0.25) is 6.79 Å². The Bertz CT molecular complexity index is 962. The van der Waals surface area contributed by atoms with Gasteiger partial charge in [0.25, 0.3) is 5.91 Å². The summed E-state index contributed by atoms with van der Waals surface area (Å²) >= 11 is 0. The van der Waals surface area contributed by atoms with Gasteiger partial charge in [0, 0.05) is 12.7 Å². The molecule has 2 aromatic heterocycles. The lowest BCUT2D eigenvalue weighted by atomic mass is 10.2. The third-order valence-electron chi connectivity index (χ3n) is 4.29. The lowest BCUT2D eigenvalue weighted by Gasteiger charge is -2.08. The number of hydrogen-bond donors (Lipinski definition) is 1.